The first kappa shape index (κ1) is 16.2. The number of carbonyl (C=O) groups excluding carboxylic acids is 2. The van der Waals surface area contributed by atoms with Gasteiger partial charge in [-0.25, -0.2) is 19.3 Å². The SMILES string of the molecule is CC(C)(C)OC(=O)NC(=O)NCc1ncc(Cl)cc1F. The molecule has 0 aliphatic heterocycles. The van der Waals surface area contributed by atoms with Crippen LogP contribution in [-0.4, -0.2) is 22.7 Å². The van der Waals surface area contributed by atoms with Crippen LogP contribution in [0.15, 0.2) is 12.3 Å². The fraction of sp³-hybridized carbons (Fsp3) is 0.417. The van der Waals surface area contributed by atoms with Crippen LogP contribution in [-0.2, 0) is 11.3 Å². The van der Waals surface area contributed by atoms with E-state index in [9.17, 15) is 14.0 Å². The zero-order valence-electron chi connectivity index (χ0n) is 11.3. The number of nitrogens with zero attached hydrogens (tertiary/aromatic N) is 1. The summed E-state index contributed by atoms with van der Waals surface area (Å²) in [6, 6.07) is 0.271. The third kappa shape index (κ3) is 5.83. The van der Waals surface area contributed by atoms with Crippen LogP contribution in [0.5, 0.6) is 0 Å². The van der Waals surface area contributed by atoms with Crippen molar-refractivity contribution in [2.24, 2.45) is 0 Å². The zero-order chi connectivity index (χ0) is 15.3. The molecule has 1 aromatic heterocycles. The Bertz CT molecular complexity index is 517. The fourth-order valence-electron chi connectivity index (χ4n) is 1.18. The number of halogens is 2. The second kappa shape index (κ2) is 6.51. The zero-order valence-corrected chi connectivity index (χ0v) is 12.0. The minimum atomic E-state index is -0.889. The van der Waals surface area contributed by atoms with Crippen molar-refractivity contribution in [3.05, 3.63) is 28.8 Å². The molecular formula is C12H15ClFN3O3. The summed E-state index contributed by atoms with van der Waals surface area (Å²) in [6.45, 7) is 4.81. The van der Waals surface area contributed by atoms with Crippen molar-refractivity contribution in [2.45, 2.75) is 32.9 Å². The van der Waals surface area contributed by atoms with Crippen LogP contribution >= 0.6 is 11.6 Å². The van der Waals surface area contributed by atoms with Crippen LogP contribution < -0.4 is 10.6 Å². The van der Waals surface area contributed by atoms with Gasteiger partial charge in [-0.2, -0.15) is 0 Å². The minimum Gasteiger partial charge on any atom is -0.443 e. The van der Waals surface area contributed by atoms with Crippen molar-refractivity contribution >= 4 is 23.7 Å². The third-order valence-corrected chi connectivity index (χ3v) is 2.12. The van der Waals surface area contributed by atoms with E-state index >= 15 is 0 Å². The average Bonchev–Trinajstić information content (AvgIpc) is 2.24. The highest BCUT2D eigenvalue weighted by atomic mass is 35.5. The molecule has 110 valence electrons. The molecule has 6 nitrogen and oxygen atoms in total. The van der Waals surface area contributed by atoms with Gasteiger partial charge in [0.05, 0.1) is 17.3 Å². The molecule has 1 aromatic rings. The topological polar surface area (TPSA) is 80.3 Å². The van der Waals surface area contributed by atoms with E-state index in [4.69, 9.17) is 16.3 Å². The monoisotopic (exact) mass is 303 g/mol. The van der Waals surface area contributed by atoms with Crippen molar-refractivity contribution in [1.29, 1.82) is 0 Å². The van der Waals surface area contributed by atoms with E-state index in [1.807, 2.05) is 5.32 Å². The first-order valence-electron chi connectivity index (χ1n) is 5.75. The Morgan fingerprint density at radius 1 is 1.45 bits per heavy atom. The predicted molar refractivity (Wildman–Crippen MR) is 70.8 cm³/mol. The standard InChI is InChI=1S/C12H15ClFN3O3/c1-12(2,3)20-11(19)17-10(18)16-6-9-8(14)4-7(13)5-15-9/h4-5H,6H2,1-3H3,(H2,16,17,18,19). The van der Waals surface area contributed by atoms with Gasteiger partial charge in [-0.05, 0) is 26.8 Å². The Labute approximate surface area is 120 Å². The summed E-state index contributed by atoms with van der Waals surface area (Å²) < 4.78 is 18.3. The number of pyridine rings is 1. The summed E-state index contributed by atoms with van der Waals surface area (Å²) in [5.74, 6) is -0.643. The summed E-state index contributed by atoms with van der Waals surface area (Å²) in [5.41, 5.74) is -0.706. The Kier molecular flexibility index (Phi) is 5.26. The van der Waals surface area contributed by atoms with Gasteiger partial charge in [0.1, 0.15) is 11.4 Å². The lowest BCUT2D eigenvalue weighted by Gasteiger charge is -2.19. The molecule has 0 aromatic carbocycles. The largest absolute Gasteiger partial charge is 0.443 e. The quantitative estimate of drug-likeness (QED) is 0.880. The van der Waals surface area contributed by atoms with Crippen molar-refractivity contribution in [2.75, 3.05) is 0 Å². The summed E-state index contributed by atoms with van der Waals surface area (Å²) in [5, 5.41) is 4.39. The molecule has 1 heterocycles. The molecule has 20 heavy (non-hydrogen) atoms. The number of hydrogen-bond acceptors (Lipinski definition) is 4. The molecule has 8 heteroatoms. The Morgan fingerprint density at radius 2 is 2.10 bits per heavy atom. The lowest BCUT2D eigenvalue weighted by molar-refractivity contribution is 0.0547. The molecule has 0 radical (unpaired) electrons. The molecule has 0 aliphatic rings. The van der Waals surface area contributed by atoms with Crippen LogP contribution in [0.1, 0.15) is 26.5 Å². The molecule has 0 saturated heterocycles. The Balaban J connectivity index is 2.46. The molecule has 0 saturated carbocycles. The first-order chi connectivity index (χ1) is 9.17. The molecule has 3 amide bonds. The number of nitrogens with one attached hydrogen (secondary N) is 2. The number of imide groups is 1. The highest BCUT2D eigenvalue weighted by Crippen LogP contribution is 2.11. The van der Waals surface area contributed by atoms with Gasteiger partial charge < -0.3 is 10.1 Å². The van der Waals surface area contributed by atoms with Crippen LogP contribution in [0.25, 0.3) is 0 Å². The average molecular weight is 304 g/mol. The number of amides is 3. The number of aromatic nitrogens is 1. The van der Waals surface area contributed by atoms with Gasteiger partial charge in [0.15, 0.2) is 0 Å². The van der Waals surface area contributed by atoms with Gasteiger partial charge in [0.25, 0.3) is 0 Å². The summed E-state index contributed by atoms with van der Waals surface area (Å²) in [7, 11) is 0. The van der Waals surface area contributed by atoms with Crippen molar-refractivity contribution < 1.29 is 18.7 Å². The molecule has 0 aliphatic carbocycles. The Hall–Kier alpha value is -1.89. The molecule has 0 spiro atoms. The van der Waals surface area contributed by atoms with E-state index in [0.29, 0.717) is 0 Å². The molecule has 0 atom stereocenters. The first-order valence-corrected chi connectivity index (χ1v) is 6.13. The van der Waals surface area contributed by atoms with E-state index in [1.165, 1.54) is 6.20 Å². The van der Waals surface area contributed by atoms with Crippen LogP contribution in [0.3, 0.4) is 0 Å². The van der Waals surface area contributed by atoms with Gasteiger partial charge >= 0.3 is 12.1 Å². The molecule has 2 N–H and O–H groups in total. The van der Waals surface area contributed by atoms with Crippen molar-refractivity contribution in [3.63, 3.8) is 0 Å². The smallest absolute Gasteiger partial charge is 0.415 e. The normalized spacial score (nSPS) is 10.8. The van der Waals surface area contributed by atoms with Crippen molar-refractivity contribution in [1.82, 2.24) is 15.6 Å². The van der Waals surface area contributed by atoms with E-state index in [-0.39, 0.29) is 17.3 Å². The summed E-state index contributed by atoms with van der Waals surface area (Å²) in [4.78, 5) is 26.4. The maximum absolute atomic E-state index is 13.4. The van der Waals surface area contributed by atoms with E-state index < -0.39 is 23.5 Å². The molecule has 1 rings (SSSR count). The maximum atomic E-state index is 13.4. The lowest BCUT2D eigenvalue weighted by atomic mass is 10.2. The number of ether oxygens (including phenoxy) is 1. The fourth-order valence-corrected chi connectivity index (χ4v) is 1.32. The van der Waals surface area contributed by atoms with Crippen LogP contribution in [0.4, 0.5) is 14.0 Å². The predicted octanol–water partition coefficient (Wildman–Crippen LogP) is 2.61. The van der Waals surface area contributed by atoms with Gasteiger partial charge in [-0.3, -0.25) is 4.98 Å². The van der Waals surface area contributed by atoms with E-state index in [1.54, 1.807) is 20.8 Å². The number of carbonyl (C=O) groups is 2. The highest BCUT2D eigenvalue weighted by molar-refractivity contribution is 6.30. The number of urea groups is 1. The minimum absolute atomic E-state index is 0.00809. The maximum Gasteiger partial charge on any atom is 0.415 e. The van der Waals surface area contributed by atoms with E-state index in [0.717, 1.165) is 6.07 Å². The lowest BCUT2D eigenvalue weighted by Crippen LogP contribution is -2.42. The molecular weight excluding hydrogens is 289 g/mol. The van der Waals surface area contributed by atoms with Gasteiger partial charge in [-0.1, -0.05) is 11.6 Å². The molecule has 0 unspecified atom stereocenters. The van der Waals surface area contributed by atoms with Crippen LogP contribution in [0, 0.1) is 5.82 Å². The third-order valence-electron chi connectivity index (χ3n) is 1.91. The molecule has 0 fully saturated rings. The number of hydrogen-bond donors (Lipinski definition) is 2. The second-order valence-corrected chi connectivity index (χ2v) is 5.33. The molecule has 0 bridgehead atoms. The van der Waals surface area contributed by atoms with Gasteiger partial charge in [0.2, 0.25) is 0 Å². The highest BCUT2D eigenvalue weighted by Gasteiger charge is 2.18. The van der Waals surface area contributed by atoms with Gasteiger partial charge in [-0.15, -0.1) is 0 Å². The summed E-state index contributed by atoms with van der Waals surface area (Å²) in [6.07, 6.45) is 0.368. The number of alkyl carbamates (subject to hydrolysis) is 1. The van der Waals surface area contributed by atoms with Gasteiger partial charge in [0, 0.05) is 6.20 Å². The van der Waals surface area contributed by atoms with Crippen molar-refractivity contribution in [3.8, 4) is 0 Å². The number of rotatable bonds is 2. The second-order valence-electron chi connectivity index (χ2n) is 4.89. The summed E-state index contributed by atoms with van der Waals surface area (Å²) >= 11 is 5.55. The van der Waals surface area contributed by atoms with Crippen LogP contribution in [0.2, 0.25) is 5.02 Å². The van der Waals surface area contributed by atoms with E-state index in [2.05, 4.69) is 10.3 Å². The Morgan fingerprint density at radius 3 is 2.65 bits per heavy atom.